The molecule has 2 saturated heterocycles. The molecule has 3 N–H and O–H groups in total. The van der Waals surface area contributed by atoms with Crippen LogP contribution in [0.15, 0.2) is 41.3 Å². The van der Waals surface area contributed by atoms with Crippen molar-refractivity contribution in [2.45, 2.75) is 23.8 Å². The van der Waals surface area contributed by atoms with E-state index in [0.717, 1.165) is 62.9 Å². The Kier molecular flexibility index (Phi) is 7.38. The van der Waals surface area contributed by atoms with Gasteiger partial charge in [-0.2, -0.15) is 0 Å². The minimum Gasteiger partial charge on any atom is -0.376 e. The molecule has 0 radical (unpaired) electrons. The van der Waals surface area contributed by atoms with Crippen LogP contribution in [0, 0.1) is 5.82 Å². The summed E-state index contributed by atoms with van der Waals surface area (Å²) in [5.74, 6) is -1.01. The first-order valence-electron chi connectivity index (χ1n) is 10.8. The molecule has 4 rings (SSSR count). The summed E-state index contributed by atoms with van der Waals surface area (Å²) in [7, 11) is -4.03. The van der Waals surface area contributed by atoms with E-state index >= 15 is 0 Å². The Morgan fingerprint density at radius 1 is 1.21 bits per heavy atom. The molecule has 11 heteroatoms. The Balaban J connectivity index is 1.59. The Morgan fingerprint density at radius 2 is 2.00 bits per heavy atom. The normalized spacial score (nSPS) is 18.8. The van der Waals surface area contributed by atoms with Gasteiger partial charge in [-0.05, 0) is 49.2 Å². The zero-order valence-electron chi connectivity index (χ0n) is 17.9. The number of nitrogens with zero attached hydrogens (tertiary/aromatic N) is 1. The van der Waals surface area contributed by atoms with E-state index in [1.54, 1.807) is 12.1 Å². The highest BCUT2D eigenvalue weighted by Gasteiger charge is 2.23. The molecule has 2 heterocycles. The fourth-order valence-corrected chi connectivity index (χ4v) is 5.25. The number of piperazine rings is 1. The van der Waals surface area contributed by atoms with Crippen LogP contribution in [-0.2, 0) is 14.8 Å². The maximum Gasteiger partial charge on any atom is 0.261 e. The van der Waals surface area contributed by atoms with Crippen LogP contribution in [0.5, 0.6) is 0 Å². The second-order valence-electron chi connectivity index (χ2n) is 8.00. The number of carbonyl (C=O) groups excluding carboxylic acids is 1. The predicted octanol–water partition coefficient (Wildman–Crippen LogP) is 2.60. The molecule has 0 aromatic heterocycles. The molecule has 0 unspecified atom stereocenters. The molecule has 2 aromatic carbocycles. The van der Waals surface area contributed by atoms with Crippen molar-refractivity contribution in [2.24, 2.45) is 0 Å². The fourth-order valence-electron chi connectivity index (χ4n) is 3.93. The van der Waals surface area contributed by atoms with Crippen LogP contribution in [0.4, 0.5) is 15.8 Å². The van der Waals surface area contributed by atoms with E-state index < -0.39 is 15.8 Å². The van der Waals surface area contributed by atoms with Crippen LogP contribution < -0.4 is 20.3 Å². The summed E-state index contributed by atoms with van der Waals surface area (Å²) in [6, 6.07) is 8.04. The van der Waals surface area contributed by atoms with Gasteiger partial charge in [0, 0.05) is 50.7 Å². The second kappa shape index (κ2) is 10.3. The lowest BCUT2D eigenvalue weighted by Gasteiger charge is -2.31. The first-order valence-corrected chi connectivity index (χ1v) is 12.7. The monoisotopic (exact) mass is 496 g/mol. The third-order valence-electron chi connectivity index (χ3n) is 5.67. The maximum atomic E-state index is 13.5. The molecule has 2 aliphatic heterocycles. The summed E-state index contributed by atoms with van der Waals surface area (Å²) >= 11 is 5.74. The molecule has 2 fully saturated rings. The number of amides is 1. The molecule has 1 amide bonds. The summed E-state index contributed by atoms with van der Waals surface area (Å²) in [5.41, 5.74) is 1.32. The van der Waals surface area contributed by atoms with Gasteiger partial charge in [-0.25, -0.2) is 12.8 Å². The van der Waals surface area contributed by atoms with Gasteiger partial charge in [0.15, 0.2) is 0 Å². The van der Waals surface area contributed by atoms with Gasteiger partial charge in [0.05, 0.1) is 21.6 Å². The average Bonchev–Trinajstić information content (AvgIpc) is 3.33. The molecule has 0 saturated carbocycles. The van der Waals surface area contributed by atoms with Crippen molar-refractivity contribution in [3.05, 3.63) is 52.8 Å². The number of ether oxygens (including phenoxy) is 1. The molecule has 0 bridgehead atoms. The van der Waals surface area contributed by atoms with Crippen LogP contribution >= 0.6 is 11.6 Å². The van der Waals surface area contributed by atoms with Crippen molar-refractivity contribution in [1.29, 1.82) is 0 Å². The summed E-state index contributed by atoms with van der Waals surface area (Å²) in [6.45, 7) is 4.12. The van der Waals surface area contributed by atoms with Gasteiger partial charge in [0.1, 0.15) is 5.82 Å². The van der Waals surface area contributed by atoms with Crippen molar-refractivity contribution in [2.75, 3.05) is 49.0 Å². The molecular formula is C22H26ClFN4O4S. The number of hydrogen-bond acceptors (Lipinski definition) is 6. The molecule has 2 aliphatic rings. The van der Waals surface area contributed by atoms with E-state index in [1.165, 1.54) is 6.07 Å². The highest BCUT2D eigenvalue weighted by Crippen LogP contribution is 2.27. The molecule has 1 atom stereocenters. The lowest BCUT2D eigenvalue weighted by atomic mass is 10.1. The summed E-state index contributed by atoms with van der Waals surface area (Å²) in [6.07, 6.45) is 1.85. The van der Waals surface area contributed by atoms with Crippen molar-refractivity contribution in [1.82, 2.24) is 10.6 Å². The van der Waals surface area contributed by atoms with Gasteiger partial charge in [-0.1, -0.05) is 11.6 Å². The number of nitrogens with one attached hydrogen (secondary N) is 3. The molecule has 0 spiro atoms. The second-order valence-corrected chi connectivity index (χ2v) is 10.1. The van der Waals surface area contributed by atoms with Gasteiger partial charge in [0.25, 0.3) is 15.9 Å². The van der Waals surface area contributed by atoms with Crippen LogP contribution in [0.25, 0.3) is 0 Å². The van der Waals surface area contributed by atoms with Crippen LogP contribution in [0.3, 0.4) is 0 Å². The molecule has 0 aliphatic carbocycles. The Hall–Kier alpha value is -2.40. The van der Waals surface area contributed by atoms with E-state index in [-0.39, 0.29) is 27.6 Å². The van der Waals surface area contributed by atoms with E-state index in [2.05, 4.69) is 20.3 Å². The number of benzene rings is 2. The summed E-state index contributed by atoms with van der Waals surface area (Å²) < 4.78 is 47.1. The molecule has 2 aromatic rings. The predicted molar refractivity (Wildman–Crippen MR) is 125 cm³/mol. The van der Waals surface area contributed by atoms with E-state index in [9.17, 15) is 17.6 Å². The Morgan fingerprint density at radius 3 is 2.70 bits per heavy atom. The molecule has 8 nitrogen and oxygen atoms in total. The van der Waals surface area contributed by atoms with Crippen LogP contribution in [0.1, 0.15) is 23.2 Å². The lowest BCUT2D eigenvalue weighted by molar-refractivity contribution is 0.0858. The Labute approximate surface area is 197 Å². The average molecular weight is 497 g/mol. The van der Waals surface area contributed by atoms with Gasteiger partial charge in [-0.3, -0.25) is 9.52 Å². The van der Waals surface area contributed by atoms with Crippen molar-refractivity contribution in [3.8, 4) is 0 Å². The first-order chi connectivity index (χ1) is 15.8. The third kappa shape index (κ3) is 5.75. The number of hydrogen-bond donors (Lipinski definition) is 3. The van der Waals surface area contributed by atoms with Gasteiger partial charge in [0.2, 0.25) is 0 Å². The number of sulfonamides is 1. The summed E-state index contributed by atoms with van der Waals surface area (Å²) in [5, 5.41) is 5.90. The van der Waals surface area contributed by atoms with E-state index in [0.29, 0.717) is 18.7 Å². The van der Waals surface area contributed by atoms with E-state index in [4.69, 9.17) is 16.3 Å². The smallest absolute Gasteiger partial charge is 0.261 e. The number of rotatable bonds is 7. The minimum absolute atomic E-state index is 0.0125. The van der Waals surface area contributed by atoms with Crippen molar-refractivity contribution >= 4 is 38.9 Å². The number of anilines is 2. The standard InChI is InChI=1S/C22H26ClFN4O4S/c23-19-13-17(4-5-20(19)24)33(30,31)27-15-3-6-21(28-9-7-25-8-10-28)18(12-15)22(29)26-14-16-2-1-11-32-16/h3-6,12-13,16,25,27H,1-2,7-11,14H2,(H,26,29)/t16-/m1/s1. The van der Waals surface area contributed by atoms with Gasteiger partial charge >= 0.3 is 0 Å². The minimum atomic E-state index is -4.03. The highest BCUT2D eigenvalue weighted by atomic mass is 35.5. The van der Waals surface area contributed by atoms with Gasteiger partial charge in [-0.15, -0.1) is 0 Å². The van der Waals surface area contributed by atoms with Crippen LogP contribution in [-0.4, -0.2) is 59.8 Å². The lowest BCUT2D eigenvalue weighted by Crippen LogP contribution is -2.44. The number of halogens is 2. The van der Waals surface area contributed by atoms with E-state index in [1.807, 2.05) is 0 Å². The maximum absolute atomic E-state index is 13.5. The van der Waals surface area contributed by atoms with Crippen LogP contribution in [0.2, 0.25) is 5.02 Å². The topological polar surface area (TPSA) is 99.8 Å². The zero-order chi connectivity index (χ0) is 23.4. The molecule has 33 heavy (non-hydrogen) atoms. The molecule has 178 valence electrons. The summed E-state index contributed by atoms with van der Waals surface area (Å²) in [4.78, 5) is 15.0. The zero-order valence-corrected chi connectivity index (χ0v) is 19.5. The Bertz CT molecular complexity index is 1120. The quantitative estimate of drug-likeness (QED) is 0.545. The largest absolute Gasteiger partial charge is 0.376 e. The number of carbonyl (C=O) groups is 1. The van der Waals surface area contributed by atoms with Gasteiger partial charge < -0.3 is 20.3 Å². The third-order valence-corrected chi connectivity index (χ3v) is 7.34. The van der Waals surface area contributed by atoms with Crippen molar-refractivity contribution in [3.63, 3.8) is 0 Å². The molecular weight excluding hydrogens is 471 g/mol. The highest BCUT2D eigenvalue weighted by molar-refractivity contribution is 7.92. The first kappa shape index (κ1) is 23.7. The van der Waals surface area contributed by atoms with Crippen molar-refractivity contribution < 1.29 is 22.3 Å². The fraction of sp³-hybridized carbons (Fsp3) is 0.409. The SMILES string of the molecule is O=C(NC[C@H]1CCCO1)c1cc(NS(=O)(=O)c2ccc(F)c(Cl)c2)ccc1N1CCNCC1.